The number of carbonyl (C=O) groups excluding carboxylic acids is 1. The Balaban J connectivity index is 2.00. The summed E-state index contributed by atoms with van der Waals surface area (Å²) in [6.45, 7) is 0.369. The molecule has 2 heterocycles. The summed E-state index contributed by atoms with van der Waals surface area (Å²) in [5, 5.41) is 13.8. The molecular weight excluding hydrogens is 290 g/mol. The van der Waals surface area contributed by atoms with Crippen LogP contribution in [0.25, 0.3) is 0 Å². The molecule has 0 radical (unpaired) electrons. The van der Waals surface area contributed by atoms with Gasteiger partial charge >= 0.3 is 0 Å². The molecule has 0 aromatic heterocycles. The predicted octanol–water partition coefficient (Wildman–Crippen LogP) is 2.90. The lowest BCUT2D eigenvalue weighted by atomic mass is 10.1. The number of para-hydroxylation sites is 1. The van der Waals surface area contributed by atoms with Crippen molar-refractivity contribution < 1.29 is 9.72 Å². The number of nitrogens with one attached hydrogen (secondary N) is 1. The molecule has 6 nitrogen and oxygen atoms in total. The van der Waals surface area contributed by atoms with E-state index in [9.17, 15) is 14.9 Å². The lowest BCUT2D eigenvalue weighted by Gasteiger charge is -2.36. The van der Waals surface area contributed by atoms with E-state index >= 15 is 0 Å². The number of hydrogen-bond donors (Lipinski definition) is 1. The topological polar surface area (TPSA) is 75.5 Å². The molecule has 104 valence electrons. The molecule has 7 heteroatoms. The van der Waals surface area contributed by atoms with Crippen LogP contribution < -0.4 is 10.2 Å². The number of carbonyl (C=O) groups is 1. The van der Waals surface area contributed by atoms with E-state index in [1.165, 1.54) is 23.9 Å². The number of nitro benzene ring substituents is 1. The Bertz CT molecular complexity index is 806. The van der Waals surface area contributed by atoms with Crippen molar-refractivity contribution in [1.82, 2.24) is 5.32 Å². The van der Waals surface area contributed by atoms with E-state index in [2.05, 4.69) is 5.32 Å². The first kappa shape index (κ1) is 12.2. The second-order valence-electron chi connectivity index (χ2n) is 4.76. The molecule has 2 aromatic carbocycles. The number of nitro groups is 1. The summed E-state index contributed by atoms with van der Waals surface area (Å²) in [6, 6.07) is 10.7. The number of rotatable bonds is 1. The standard InChI is InChI=1S/C14H9N3O3S/c18-14-9-5-8(17(19)20)6-12-13(9)16(7-15-14)10-3-1-2-4-11(10)21-12/h1-6H,7H2,(H,15,18). The molecule has 0 atom stereocenters. The van der Waals surface area contributed by atoms with Crippen LogP contribution in [0.3, 0.4) is 0 Å². The van der Waals surface area contributed by atoms with Crippen molar-refractivity contribution in [2.45, 2.75) is 9.79 Å². The monoisotopic (exact) mass is 299 g/mol. The summed E-state index contributed by atoms with van der Waals surface area (Å²) in [5.74, 6) is -0.272. The molecule has 2 aromatic rings. The highest BCUT2D eigenvalue weighted by molar-refractivity contribution is 7.99. The predicted molar refractivity (Wildman–Crippen MR) is 78.1 cm³/mol. The third-order valence-electron chi connectivity index (χ3n) is 3.56. The zero-order valence-corrected chi connectivity index (χ0v) is 11.5. The van der Waals surface area contributed by atoms with Gasteiger partial charge in [-0.1, -0.05) is 23.9 Å². The summed E-state index contributed by atoms with van der Waals surface area (Å²) in [7, 11) is 0. The fourth-order valence-electron chi connectivity index (χ4n) is 2.64. The lowest BCUT2D eigenvalue weighted by Crippen LogP contribution is -2.42. The fourth-order valence-corrected chi connectivity index (χ4v) is 3.81. The Morgan fingerprint density at radius 1 is 1.24 bits per heavy atom. The van der Waals surface area contributed by atoms with Crippen molar-refractivity contribution in [3.63, 3.8) is 0 Å². The lowest BCUT2D eigenvalue weighted by molar-refractivity contribution is -0.385. The second kappa shape index (κ2) is 4.23. The van der Waals surface area contributed by atoms with E-state index in [4.69, 9.17) is 0 Å². The minimum absolute atomic E-state index is 0.0624. The van der Waals surface area contributed by atoms with E-state index in [-0.39, 0.29) is 11.6 Å². The van der Waals surface area contributed by atoms with Gasteiger partial charge < -0.3 is 10.2 Å². The average Bonchev–Trinajstić information content (AvgIpc) is 2.49. The molecule has 0 bridgehead atoms. The van der Waals surface area contributed by atoms with Gasteiger partial charge in [0.25, 0.3) is 11.6 Å². The van der Waals surface area contributed by atoms with Crippen molar-refractivity contribution >= 4 is 34.7 Å². The second-order valence-corrected chi connectivity index (χ2v) is 5.84. The Morgan fingerprint density at radius 3 is 2.86 bits per heavy atom. The van der Waals surface area contributed by atoms with Gasteiger partial charge in [0.15, 0.2) is 0 Å². The molecule has 0 spiro atoms. The number of nitrogens with zero attached hydrogens (tertiary/aromatic N) is 2. The third kappa shape index (κ3) is 1.71. The van der Waals surface area contributed by atoms with Gasteiger partial charge in [0.05, 0.1) is 28.5 Å². The highest BCUT2D eigenvalue weighted by Gasteiger charge is 2.33. The largest absolute Gasteiger partial charge is 0.334 e. The molecule has 2 aliphatic rings. The summed E-state index contributed by atoms with van der Waals surface area (Å²) in [4.78, 5) is 26.4. The third-order valence-corrected chi connectivity index (χ3v) is 4.66. The van der Waals surface area contributed by atoms with E-state index in [1.807, 2.05) is 29.2 Å². The summed E-state index contributed by atoms with van der Waals surface area (Å²) >= 11 is 1.46. The number of anilines is 2. The maximum Gasteiger partial charge on any atom is 0.271 e. The van der Waals surface area contributed by atoms with Crippen LogP contribution in [0.1, 0.15) is 10.4 Å². The van der Waals surface area contributed by atoms with E-state index < -0.39 is 4.92 Å². The van der Waals surface area contributed by atoms with Crippen LogP contribution in [0.2, 0.25) is 0 Å². The fraction of sp³-hybridized carbons (Fsp3) is 0.0714. The van der Waals surface area contributed by atoms with Gasteiger partial charge in [-0.25, -0.2) is 0 Å². The van der Waals surface area contributed by atoms with Crippen LogP contribution >= 0.6 is 11.8 Å². The first-order chi connectivity index (χ1) is 10.1. The Hall–Kier alpha value is -2.54. The molecule has 2 aliphatic heterocycles. The smallest absolute Gasteiger partial charge is 0.271 e. The van der Waals surface area contributed by atoms with Gasteiger partial charge in [-0.05, 0) is 12.1 Å². The molecule has 0 aliphatic carbocycles. The summed E-state index contributed by atoms with van der Waals surface area (Å²) in [5.41, 5.74) is 2.05. The van der Waals surface area contributed by atoms with E-state index in [1.54, 1.807) is 0 Å². The number of fused-ring (bicyclic) bond motifs is 2. The highest BCUT2D eigenvalue weighted by atomic mass is 32.2. The molecule has 0 fully saturated rings. The van der Waals surface area contributed by atoms with Gasteiger partial charge in [-0.3, -0.25) is 14.9 Å². The quantitative estimate of drug-likeness (QED) is 0.647. The van der Waals surface area contributed by atoms with Crippen molar-refractivity contribution in [1.29, 1.82) is 0 Å². The molecule has 4 rings (SSSR count). The SMILES string of the molecule is O=C1NCN2c3ccccc3Sc3cc([N+](=O)[O-])cc1c32. The Kier molecular flexibility index (Phi) is 2.46. The molecule has 0 unspecified atom stereocenters. The van der Waals surface area contributed by atoms with Crippen LogP contribution in [0, 0.1) is 10.1 Å². The van der Waals surface area contributed by atoms with Gasteiger partial charge in [0.2, 0.25) is 0 Å². The first-order valence-electron chi connectivity index (χ1n) is 6.30. The number of non-ortho nitro benzene ring substituents is 1. The van der Waals surface area contributed by atoms with Crippen molar-refractivity contribution in [3.05, 3.63) is 52.1 Å². The number of benzene rings is 2. The van der Waals surface area contributed by atoms with Crippen LogP contribution in [-0.2, 0) is 0 Å². The van der Waals surface area contributed by atoms with Gasteiger partial charge in [0, 0.05) is 21.9 Å². The van der Waals surface area contributed by atoms with Gasteiger partial charge in [0.1, 0.15) is 0 Å². The minimum Gasteiger partial charge on any atom is -0.334 e. The summed E-state index contributed by atoms with van der Waals surface area (Å²) in [6.07, 6.45) is 0. The van der Waals surface area contributed by atoms with Gasteiger partial charge in [-0.2, -0.15) is 0 Å². The minimum atomic E-state index is -0.468. The van der Waals surface area contributed by atoms with Crippen LogP contribution in [0.15, 0.2) is 46.2 Å². The molecule has 0 saturated heterocycles. The average molecular weight is 299 g/mol. The molecule has 1 amide bonds. The van der Waals surface area contributed by atoms with Crippen molar-refractivity contribution in [2.75, 3.05) is 11.6 Å². The molecule has 21 heavy (non-hydrogen) atoms. The first-order valence-corrected chi connectivity index (χ1v) is 7.12. The normalized spacial score (nSPS) is 15.0. The molecule has 0 saturated carbocycles. The van der Waals surface area contributed by atoms with Crippen LogP contribution in [-0.4, -0.2) is 17.5 Å². The van der Waals surface area contributed by atoms with E-state index in [0.717, 1.165) is 21.2 Å². The van der Waals surface area contributed by atoms with Crippen LogP contribution in [0.5, 0.6) is 0 Å². The molecule has 1 N–H and O–H groups in total. The van der Waals surface area contributed by atoms with Crippen molar-refractivity contribution in [3.8, 4) is 0 Å². The Labute approximate surface area is 123 Å². The zero-order valence-electron chi connectivity index (χ0n) is 10.7. The maximum absolute atomic E-state index is 12.0. The van der Waals surface area contributed by atoms with E-state index in [0.29, 0.717) is 12.2 Å². The zero-order chi connectivity index (χ0) is 14.6. The number of amides is 1. The van der Waals surface area contributed by atoms with Gasteiger partial charge in [-0.15, -0.1) is 0 Å². The molecular formula is C14H9N3O3S. The summed E-state index contributed by atoms with van der Waals surface area (Å²) < 4.78 is 0. The highest BCUT2D eigenvalue weighted by Crippen LogP contribution is 2.51. The van der Waals surface area contributed by atoms with Crippen LogP contribution in [0.4, 0.5) is 17.1 Å². The number of hydrogen-bond acceptors (Lipinski definition) is 5. The van der Waals surface area contributed by atoms with Crippen molar-refractivity contribution in [2.24, 2.45) is 0 Å². The maximum atomic E-state index is 12.0. The Morgan fingerprint density at radius 2 is 2.05 bits per heavy atom.